The van der Waals surface area contributed by atoms with Gasteiger partial charge in [0.15, 0.2) is 0 Å². The van der Waals surface area contributed by atoms with Crippen molar-refractivity contribution in [3.63, 3.8) is 0 Å². The van der Waals surface area contributed by atoms with Gasteiger partial charge >= 0.3 is 0 Å². The van der Waals surface area contributed by atoms with E-state index in [1.807, 2.05) is 36.4 Å². The fourth-order valence-corrected chi connectivity index (χ4v) is 3.39. The van der Waals surface area contributed by atoms with Crippen molar-refractivity contribution in [3.8, 4) is 11.3 Å². The van der Waals surface area contributed by atoms with E-state index < -0.39 is 0 Å². The van der Waals surface area contributed by atoms with E-state index in [0.717, 1.165) is 23.2 Å². The number of benzene rings is 2. The van der Waals surface area contributed by atoms with Crippen LogP contribution in [-0.2, 0) is 13.0 Å². The molecule has 0 radical (unpaired) electrons. The molecule has 28 heavy (non-hydrogen) atoms. The minimum atomic E-state index is -0.0872. The minimum absolute atomic E-state index is 0.0872. The topological polar surface area (TPSA) is 57.8 Å². The van der Waals surface area contributed by atoms with Gasteiger partial charge in [0, 0.05) is 28.3 Å². The minimum Gasteiger partial charge on any atom is -0.348 e. The van der Waals surface area contributed by atoms with Gasteiger partial charge in [-0.3, -0.25) is 9.89 Å². The second-order valence-electron chi connectivity index (χ2n) is 6.97. The first-order valence-electron chi connectivity index (χ1n) is 9.82. The Labute approximate surface area is 171 Å². The van der Waals surface area contributed by atoms with Gasteiger partial charge < -0.3 is 5.32 Å². The molecule has 0 unspecified atom stereocenters. The maximum Gasteiger partial charge on any atom is 0.251 e. The van der Waals surface area contributed by atoms with E-state index in [1.54, 1.807) is 6.20 Å². The number of aryl methyl sites for hydroxylation is 1. The highest BCUT2D eigenvalue weighted by atomic mass is 35.5. The molecule has 4 nitrogen and oxygen atoms in total. The molecule has 1 amide bonds. The zero-order chi connectivity index (χ0) is 19.8. The molecule has 3 rings (SSSR count). The first-order valence-corrected chi connectivity index (χ1v) is 10.2. The van der Waals surface area contributed by atoms with E-state index >= 15 is 0 Å². The van der Waals surface area contributed by atoms with E-state index in [-0.39, 0.29) is 5.91 Å². The van der Waals surface area contributed by atoms with Gasteiger partial charge in [-0.15, -0.1) is 0 Å². The van der Waals surface area contributed by atoms with Gasteiger partial charge in [0.05, 0.1) is 11.9 Å². The monoisotopic (exact) mass is 395 g/mol. The molecule has 0 saturated heterocycles. The molecule has 3 aromatic rings. The molecule has 1 heterocycles. The Morgan fingerprint density at radius 1 is 1.11 bits per heavy atom. The Morgan fingerprint density at radius 3 is 2.68 bits per heavy atom. The van der Waals surface area contributed by atoms with E-state index in [4.69, 9.17) is 11.6 Å². The van der Waals surface area contributed by atoms with Crippen molar-refractivity contribution < 1.29 is 4.79 Å². The van der Waals surface area contributed by atoms with E-state index in [0.29, 0.717) is 17.1 Å². The summed E-state index contributed by atoms with van der Waals surface area (Å²) in [7, 11) is 0. The molecule has 0 spiro atoms. The second-order valence-corrected chi connectivity index (χ2v) is 7.41. The molecular weight excluding hydrogens is 370 g/mol. The third-order valence-electron chi connectivity index (χ3n) is 4.81. The Kier molecular flexibility index (Phi) is 7.26. The Hall–Kier alpha value is -2.59. The summed E-state index contributed by atoms with van der Waals surface area (Å²) in [6.07, 6.45) is 7.79. The number of unbranched alkanes of at least 4 members (excludes halogenated alkanes) is 3. The summed E-state index contributed by atoms with van der Waals surface area (Å²) >= 11 is 6.08. The van der Waals surface area contributed by atoms with Crippen molar-refractivity contribution >= 4 is 17.5 Å². The first-order chi connectivity index (χ1) is 13.7. The highest BCUT2D eigenvalue weighted by molar-refractivity contribution is 6.30. The van der Waals surface area contributed by atoms with Crippen LogP contribution in [0.25, 0.3) is 11.3 Å². The van der Waals surface area contributed by atoms with E-state index in [9.17, 15) is 4.79 Å². The number of aromatic amines is 1. The lowest BCUT2D eigenvalue weighted by Crippen LogP contribution is -2.22. The standard InChI is InChI=1S/C23H26ClN3O/c1-2-3-4-5-7-17-10-12-18(13-11-17)23(28)25-15-20-16-26-27-22(20)19-8-6-9-21(24)14-19/h6,8-14,16H,2-5,7,15H2,1H3,(H,25,28)(H,26,27). The molecule has 0 aliphatic rings. The molecule has 0 aliphatic heterocycles. The molecule has 5 heteroatoms. The van der Waals surface area contributed by atoms with Crippen LogP contribution < -0.4 is 5.32 Å². The van der Waals surface area contributed by atoms with Crippen LogP contribution in [0.3, 0.4) is 0 Å². The van der Waals surface area contributed by atoms with Gasteiger partial charge in [-0.25, -0.2) is 0 Å². The highest BCUT2D eigenvalue weighted by Gasteiger charge is 2.11. The van der Waals surface area contributed by atoms with Crippen LogP contribution in [0.2, 0.25) is 5.02 Å². The summed E-state index contributed by atoms with van der Waals surface area (Å²) in [5.41, 5.74) is 4.69. The SMILES string of the molecule is CCCCCCc1ccc(C(=O)NCc2cn[nH]c2-c2cccc(Cl)c2)cc1. The predicted molar refractivity (Wildman–Crippen MR) is 114 cm³/mol. The lowest BCUT2D eigenvalue weighted by molar-refractivity contribution is 0.0951. The fraction of sp³-hybridized carbons (Fsp3) is 0.304. The number of rotatable bonds is 9. The maximum atomic E-state index is 12.5. The normalized spacial score (nSPS) is 10.8. The van der Waals surface area contributed by atoms with Crippen molar-refractivity contribution in [2.75, 3.05) is 0 Å². The summed E-state index contributed by atoms with van der Waals surface area (Å²) in [5, 5.41) is 10.7. The maximum absolute atomic E-state index is 12.5. The van der Waals surface area contributed by atoms with Crippen LogP contribution in [0, 0.1) is 0 Å². The van der Waals surface area contributed by atoms with E-state index in [1.165, 1.54) is 31.2 Å². The number of hydrogen-bond donors (Lipinski definition) is 2. The average Bonchev–Trinajstić information content (AvgIpc) is 3.18. The molecule has 0 saturated carbocycles. The van der Waals surface area contributed by atoms with Gasteiger partial charge in [-0.1, -0.05) is 62.1 Å². The smallest absolute Gasteiger partial charge is 0.251 e. The zero-order valence-electron chi connectivity index (χ0n) is 16.2. The number of nitrogens with one attached hydrogen (secondary N) is 2. The first kappa shape index (κ1) is 20.2. The van der Waals surface area contributed by atoms with Crippen molar-refractivity contribution in [2.45, 2.75) is 45.6 Å². The van der Waals surface area contributed by atoms with Crippen LogP contribution in [0.1, 0.15) is 54.1 Å². The molecule has 0 atom stereocenters. The predicted octanol–water partition coefficient (Wildman–Crippen LogP) is 5.78. The summed E-state index contributed by atoms with van der Waals surface area (Å²) in [6, 6.07) is 15.5. The third-order valence-corrected chi connectivity index (χ3v) is 5.04. The van der Waals surface area contributed by atoms with Crippen molar-refractivity contribution in [3.05, 3.63) is 76.4 Å². The molecule has 1 aromatic heterocycles. The zero-order valence-corrected chi connectivity index (χ0v) is 16.9. The van der Waals surface area contributed by atoms with Crippen LogP contribution in [0.15, 0.2) is 54.7 Å². The molecule has 0 aliphatic carbocycles. The van der Waals surface area contributed by atoms with Gasteiger partial charge in [0.1, 0.15) is 0 Å². The number of nitrogens with zero attached hydrogens (tertiary/aromatic N) is 1. The van der Waals surface area contributed by atoms with Crippen LogP contribution in [0.5, 0.6) is 0 Å². The summed E-state index contributed by atoms with van der Waals surface area (Å²) in [5.74, 6) is -0.0872. The Bertz CT molecular complexity index is 902. The molecule has 0 bridgehead atoms. The summed E-state index contributed by atoms with van der Waals surface area (Å²) in [4.78, 5) is 12.5. The average molecular weight is 396 g/mol. The number of halogens is 1. The van der Waals surface area contributed by atoms with Gasteiger partial charge in [-0.05, 0) is 42.7 Å². The van der Waals surface area contributed by atoms with Crippen molar-refractivity contribution in [2.24, 2.45) is 0 Å². The van der Waals surface area contributed by atoms with Gasteiger partial charge in [-0.2, -0.15) is 5.10 Å². The van der Waals surface area contributed by atoms with Crippen LogP contribution in [-0.4, -0.2) is 16.1 Å². The summed E-state index contributed by atoms with van der Waals surface area (Å²) in [6.45, 7) is 2.62. The second kappa shape index (κ2) is 10.1. The van der Waals surface area contributed by atoms with Gasteiger partial charge in [0.2, 0.25) is 0 Å². The van der Waals surface area contributed by atoms with Crippen molar-refractivity contribution in [1.82, 2.24) is 15.5 Å². The number of carbonyl (C=O) groups excluding carboxylic acids is 1. The number of H-pyrrole nitrogens is 1. The Morgan fingerprint density at radius 2 is 1.93 bits per heavy atom. The van der Waals surface area contributed by atoms with Crippen LogP contribution >= 0.6 is 11.6 Å². The Balaban J connectivity index is 1.57. The third kappa shape index (κ3) is 5.46. The largest absolute Gasteiger partial charge is 0.348 e. The summed E-state index contributed by atoms with van der Waals surface area (Å²) < 4.78 is 0. The van der Waals surface area contributed by atoms with Gasteiger partial charge in [0.25, 0.3) is 5.91 Å². The van der Waals surface area contributed by atoms with E-state index in [2.05, 4.69) is 34.6 Å². The number of aromatic nitrogens is 2. The number of hydrogen-bond acceptors (Lipinski definition) is 2. The molecule has 0 fully saturated rings. The molecular formula is C23H26ClN3O. The van der Waals surface area contributed by atoms with Crippen molar-refractivity contribution in [1.29, 1.82) is 0 Å². The fourth-order valence-electron chi connectivity index (χ4n) is 3.20. The molecule has 2 N–H and O–H groups in total. The number of amides is 1. The number of carbonyl (C=O) groups is 1. The highest BCUT2D eigenvalue weighted by Crippen LogP contribution is 2.24. The lowest BCUT2D eigenvalue weighted by atomic mass is 10.0. The molecule has 146 valence electrons. The molecule has 2 aromatic carbocycles. The quantitative estimate of drug-likeness (QED) is 0.451. The lowest BCUT2D eigenvalue weighted by Gasteiger charge is -2.08. The van der Waals surface area contributed by atoms with Crippen LogP contribution in [0.4, 0.5) is 0 Å².